The fourth-order valence-corrected chi connectivity index (χ4v) is 5.33. The van der Waals surface area contributed by atoms with Crippen LogP contribution in [0.4, 0.5) is 4.79 Å². The molecule has 0 radical (unpaired) electrons. The van der Waals surface area contributed by atoms with Gasteiger partial charge < -0.3 is 24.2 Å². The zero-order chi connectivity index (χ0) is 34.0. The van der Waals surface area contributed by atoms with E-state index in [9.17, 15) is 19.2 Å². The summed E-state index contributed by atoms with van der Waals surface area (Å²) in [6.45, 7) is 23.9. The Morgan fingerprint density at radius 1 is 1.05 bits per heavy atom. The van der Waals surface area contributed by atoms with E-state index in [1.807, 2.05) is 67.5 Å². The van der Waals surface area contributed by atoms with Crippen LogP contribution < -0.4 is 5.32 Å². The van der Waals surface area contributed by atoms with E-state index >= 15 is 0 Å². The molecule has 1 aliphatic heterocycles. The summed E-state index contributed by atoms with van der Waals surface area (Å²) < 4.78 is 10.6. The maximum Gasteiger partial charge on any atom is 0.410 e. The molecule has 44 heavy (non-hydrogen) atoms. The van der Waals surface area contributed by atoms with Crippen molar-refractivity contribution in [1.82, 2.24) is 10.2 Å². The van der Waals surface area contributed by atoms with Gasteiger partial charge in [0.15, 0.2) is 12.3 Å². The van der Waals surface area contributed by atoms with Crippen molar-refractivity contribution >= 4 is 23.8 Å². The van der Waals surface area contributed by atoms with Crippen LogP contribution in [0, 0.1) is 5.41 Å². The van der Waals surface area contributed by atoms with Crippen molar-refractivity contribution in [3.8, 4) is 0 Å². The summed E-state index contributed by atoms with van der Waals surface area (Å²) in [5.74, 6) is -0.194. The van der Waals surface area contributed by atoms with E-state index in [4.69, 9.17) is 4.74 Å². The van der Waals surface area contributed by atoms with Crippen molar-refractivity contribution in [2.45, 2.75) is 101 Å². The normalized spacial score (nSPS) is 18.3. The van der Waals surface area contributed by atoms with Crippen molar-refractivity contribution in [2.24, 2.45) is 5.41 Å². The molecule has 0 aromatic heterocycles. The van der Waals surface area contributed by atoms with Gasteiger partial charge in [-0.15, -0.1) is 0 Å². The third-order valence-electron chi connectivity index (χ3n) is 8.35. The molecule has 1 aliphatic carbocycles. The molecule has 1 fully saturated rings. The molecule has 2 aliphatic rings. The van der Waals surface area contributed by atoms with Crippen molar-refractivity contribution in [2.75, 3.05) is 46.9 Å². The number of Topliss-reactive ketones (excluding diaryl/α,β-unsaturated/α-hetero) is 1. The maximum absolute atomic E-state index is 13.2. The number of nitrogens with zero attached hydrogens (tertiary/aromatic N) is 2. The van der Waals surface area contributed by atoms with Crippen molar-refractivity contribution in [3.05, 3.63) is 45.7 Å². The number of esters is 1. The van der Waals surface area contributed by atoms with Gasteiger partial charge in [-0.05, 0) is 83.9 Å². The first-order valence-electron chi connectivity index (χ1n) is 15.5. The third-order valence-corrected chi connectivity index (χ3v) is 8.35. The number of carbonyl (C=O) groups is 4. The largest absolute Gasteiger partial charge is 0.466 e. The monoisotopic (exact) mass is 616 g/mol. The van der Waals surface area contributed by atoms with Crippen LogP contribution in [0.25, 0.3) is 0 Å². The van der Waals surface area contributed by atoms with Crippen LogP contribution in [0.2, 0.25) is 0 Å². The first-order valence-corrected chi connectivity index (χ1v) is 15.5. The topological polar surface area (TPSA) is 102 Å². The molecule has 248 valence electrons. The lowest BCUT2D eigenvalue weighted by molar-refractivity contribution is -0.920. The molecule has 0 spiro atoms. The van der Waals surface area contributed by atoms with Crippen LogP contribution in [0.5, 0.6) is 0 Å². The van der Waals surface area contributed by atoms with E-state index in [1.165, 1.54) is 17.6 Å². The summed E-state index contributed by atoms with van der Waals surface area (Å²) >= 11 is 0. The van der Waals surface area contributed by atoms with E-state index < -0.39 is 11.7 Å². The molecule has 0 saturated carbocycles. The fraction of sp³-hybridized carbons (Fsp3) is 0.657. The summed E-state index contributed by atoms with van der Waals surface area (Å²) in [6, 6.07) is 0. The fourth-order valence-electron chi connectivity index (χ4n) is 5.33. The number of hydrogen-bond acceptors (Lipinski definition) is 6. The van der Waals surface area contributed by atoms with Gasteiger partial charge in [-0.1, -0.05) is 31.6 Å². The number of ether oxygens (including phenoxy) is 2. The maximum atomic E-state index is 13.2. The number of rotatable bonds is 9. The number of piperidine rings is 1. The number of methoxy groups -OCH3 is 1. The SMILES string of the molecule is C/C=C(C)\C(NC(=O)C[N+]1(CC(C)=O)CCC(C)(C)CC1)=C(/C)CN(C)C(=O)OC(C)(C)C.COC(=O)C1=C(C)C(C)=CC1. The number of allylic oxidation sites excluding steroid dienone is 5. The van der Waals surface area contributed by atoms with Crippen LogP contribution >= 0.6 is 0 Å². The first-order chi connectivity index (χ1) is 20.2. The van der Waals surface area contributed by atoms with Gasteiger partial charge in [-0.3, -0.25) is 9.59 Å². The van der Waals surface area contributed by atoms with Gasteiger partial charge in [0.25, 0.3) is 5.91 Å². The molecule has 1 saturated heterocycles. The van der Waals surface area contributed by atoms with Crippen LogP contribution in [0.15, 0.2) is 45.7 Å². The average molecular weight is 617 g/mol. The second kappa shape index (κ2) is 16.2. The lowest BCUT2D eigenvalue weighted by Crippen LogP contribution is -2.60. The highest BCUT2D eigenvalue weighted by molar-refractivity contribution is 5.91. The zero-order valence-electron chi connectivity index (χ0n) is 29.7. The minimum absolute atomic E-state index is 0.105. The van der Waals surface area contributed by atoms with Crippen LogP contribution in [-0.4, -0.2) is 85.6 Å². The summed E-state index contributed by atoms with van der Waals surface area (Å²) in [7, 11) is 3.10. The molecule has 9 nitrogen and oxygen atoms in total. The highest BCUT2D eigenvalue weighted by Gasteiger charge is 2.40. The smallest absolute Gasteiger partial charge is 0.410 e. The number of quaternary nitrogens is 1. The second-order valence-corrected chi connectivity index (χ2v) is 14.2. The summed E-state index contributed by atoms with van der Waals surface area (Å²) in [5, 5.41) is 3.09. The van der Waals surface area contributed by atoms with Gasteiger partial charge in [-0.25, -0.2) is 9.59 Å². The number of likely N-dealkylation sites (N-methyl/N-ethyl adjacent to an activating group) is 1. The van der Waals surface area contributed by atoms with Crippen LogP contribution in [-0.2, 0) is 23.9 Å². The Labute approximate surface area is 266 Å². The van der Waals surface area contributed by atoms with Crippen molar-refractivity contribution in [1.29, 1.82) is 0 Å². The summed E-state index contributed by atoms with van der Waals surface area (Å²) in [4.78, 5) is 50.2. The molecule has 0 unspecified atom stereocenters. The minimum atomic E-state index is -0.573. The molecule has 0 atom stereocenters. The van der Waals surface area contributed by atoms with Gasteiger partial charge in [0, 0.05) is 44.6 Å². The molecule has 0 aromatic rings. The third kappa shape index (κ3) is 12.4. The average Bonchev–Trinajstić information content (AvgIpc) is 3.25. The lowest BCUT2D eigenvalue weighted by Gasteiger charge is -2.45. The minimum Gasteiger partial charge on any atom is -0.466 e. The molecular formula is C35H58N3O6+. The standard InChI is InChI=1S/C26H45N3O4.C9H12O2/c1-11-19(2)23(20(3)16-28(10)24(32)33-25(5,6)7)27-22(31)18-29(17-21(4)30)14-12-26(8,9)13-15-29;1-6-4-5-8(7(6)2)9(10)11-3/h11H,12-18H2,1-10H3;4H,5H2,1-3H3/p+1/b19-11-,23-20-;. The second-order valence-electron chi connectivity index (χ2n) is 14.2. The van der Waals surface area contributed by atoms with Gasteiger partial charge in [0.05, 0.1) is 20.2 Å². The Hall–Kier alpha value is -3.20. The quantitative estimate of drug-likeness (QED) is 0.186. The Morgan fingerprint density at radius 3 is 2.05 bits per heavy atom. The van der Waals surface area contributed by atoms with Crippen molar-refractivity contribution < 1.29 is 33.1 Å². The number of carbonyl (C=O) groups excluding carboxylic acids is 4. The highest BCUT2D eigenvalue weighted by atomic mass is 16.6. The number of nitrogens with one attached hydrogen (secondary N) is 1. The predicted octanol–water partition coefficient (Wildman–Crippen LogP) is 6.26. The molecule has 2 rings (SSSR count). The zero-order valence-corrected chi connectivity index (χ0v) is 29.7. The van der Waals surface area contributed by atoms with E-state index in [0.29, 0.717) is 17.6 Å². The summed E-state index contributed by atoms with van der Waals surface area (Å²) in [5.41, 5.74) is 5.23. The molecular weight excluding hydrogens is 558 g/mol. The Bertz CT molecular complexity index is 1200. The van der Waals surface area contributed by atoms with Gasteiger partial charge >= 0.3 is 12.1 Å². The van der Waals surface area contributed by atoms with Crippen LogP contribution in [0.1, 0.15) is 95.4 Å². The number of hydrogen-bond donors (Lipinski definition) is 1. The van der Waals surface area contributed by atoms with Crippen molar-refractivity contribution in [3.63, 3.8) is 0 Å². The van der Waals surface area contributed by atoms with E-state index in [-0.39, 0.29) is 29.6 Å². The number of ketones is 1. The van der Waals surface area contributed by atoms with Gasteiger partial charge in [-0.2, -0.15) is 0 Å². The molecule has 2 amide bonds. The molecule has 9 heteroatoms. The van der Waals surface area contributed by atoms with E-state index in [0.717, 1.165) is 60.3 Å². The number of likely N-dealkylation sites (tertiary alicyclic amines) is 1. The Balaban J connectivity index is 0.000000733. The summed E-state index contributed by atoms with van der Waals surface area (Å²) in [6.07, 6.45) is 6.28. The van der Waals surface area contributed by atoms with Crippen LogP contribution in [0.3, 0.4) is 0 Å². The Morgan fingerprint density at radius 2 is 1.61 bits per heavy atom. The Kier molecular flexibility index (Phi) is 14.3. The molecule has 1 N–H and O–H groups in total. The molecule has 0 bridgehead atoms. The number of amides is 2. The predicted molar refractivity (Wildman–Crippen MR) is 176 cm³/mol. The first kappa shape index (κ1) is 38.8. The van der Waals surface area contributed by atoms with E-state index in [1.54, 1.807) is 14.0 Å². The van der Waals surface area contributed by atoms with Gasteiger partial charge in [0.2, 0.25) is 0 Å². The van der Waals surface area contributed by atoms with E-state index in [2.05, 4.69) is 23.9 Å². The molecule has 0 aromatic carbocycles. The van der Waals surface area contributed by atoms with Gasteiger partial charge in [0.1, 0.15) is 12.1 Å². The lowest BCUT2D eigenvalue weighted by atomic mass is 9.81. The highest BCUT2D eigenvalue weighted by Crippen LogP contribution is 2.33. The molecule has 1 heterocycles.